The van der Waals surface area contributed by atoms with Crippen LogP contribution in [0.3, 0.4) is 0 Å². The van der Waals surface area contributed by atoms with Gasteiger partial charge in [0.15, 0.2) is 5.90 Å². The van der Waals surface area contributed by atoms with E-state index in [0.717, 1.165) is 11.0 Å². The molecular weight excluding hydrogens is 164 g/mol. The van der Waals surface area contributed by atoms with Crippen LogP contribution in [0.2, 0.25) is 0 Å². The van der Waals surface area contributed by atoms with Crippen LogP contribution in [0, 0.1) is 5.41 Å². The molecule has 0 spiro atoms. The molecule has 0 aromatic carbocycles. The highest BCUT2D eigenvalue weighted by atomic mass is 35.5. The largest absolute Gasteiger partial charge is 1.00 e. The molecule has 0 aliphatic heterocycles. The Morgan fingerprint density at radius 3 is 2.09 bits per heavy atom. The van der Waals surface area contributed by atoms with Crippen LogP contribution in [0.5, 0.6) is 0 Å². The lowest BCUT2D eigenvalue weighted by atomic mass is 10.5. The first-order valence-electron chi connectivity index (χ1n) is 3.40. The van der Waals surface area contributed by atoms with Crippen molar-refractivity contribution in [3.63, 3.8) is 0 Å². The summed E-state index contributed by atoms with van der Waals surface area (Å²) in [6, 6.07) is 0. The number of halogens is 1. The van der Waals surface area contributed by atoms with E-state index in [1.54, 1.807) is 6.92 Å². The van der Waals surface area contributed by atoms with Crippen molar-refractivity contribution in [1.29, 1.82) is 5.41 Å². The van der Waals surface area contributed by atoms with E-state index >= 15 is 0 Å². The van der Waals surface area contributed by atoms with Gasteiger partial charge in [-0.3, -0.25) is 5.41 Å². The molecule has 0 aromatic heterocycles. The van der Waals surface area contributed by atoms with Crippen LogP contribution in [0.15, 0.2) is 0 Å². The van der Waals surface area contributed by atoms with Crippen LogP contribution in [-0.2, 0) is 4.74 Å². The molecule has 0 heterocycles. The molecule has 68 valence electrons. The predicted octanol–water partition coefficient (Wildman–Crippen LogP) is -2.29. The Morgan fingerprint density at radius 1 is 1.36 bits per heavy atom. The maximum absolute atomic E-state index is 6.97. The van der Waals surface area contributed by atoms with Crippen molar-refractivity contribution >= 4 is 5.90 Å². The zero-order chi connectivity index (χ0) is 8.20. The third kappa shape index (κ3) is 12.8. The summed E-state index contributed by atoms with van der Waals surface area (Å²) in [4.78, 5) is 0. The topological polar surface area (TPSA) is 33.1 Å². The second kappa shape index (κ2) is 5.38. The number of nitrogens with one attached hydrogen (secondary N) is 1. The number of likely N-dealkylation sites (N-methyl/N-ethyl adjacent to an activating group) is 1. The monoisotopic (exact) mass is 180 g/mol. The summed E-state index contributed by atoms with van der Waals surface area (Å²) in [6.07, 6.45) is 0. The first-order valence-corrected chi connectivity index (χ1v) is 3.40. The molecule has 0 saturated heterocycles. The Labute approximate surface area is 74.9 Å². The minimum absolute atomic E-state index is 0. The molecule has 11 heavy (non-hydrogen) atoms. The summed E-state index contributed by atoms with van der Waals surface area (Å²) >= 11 is 0. The van der Waals surface area contributed by atoms with Gasteiger partial charge >= 0.3 is 0 Å². The first kappa shape index (κ1) is 13.3. The van der Waals surface area contributed by atoms with Crippen molar-refractivity contribution in [3.8, 4) is 0 Å². The molecule has 1 N–H and O–H groups in total. The second-order valence-electron chi connectivity index (χ2n) is 3.42. The number of quaternary nitrogens is 1. The Balaban J connectivity index is 0. The van der Waals surface area contributed by atoms with Crippen LogP contribution in [0.25, 0.3) is 0 Å². The fourth-order valence-electron chi connectivity index (χ4n) is 0.473. The van der Waals surface area contributed by atoms with E-state index in [2.05, 4.69) is 21.1 Å². The standard InChI is InChI=1S/C7H17N2O.ClH/c1-7(8)10-6-5-9(2,3)4;/h8H,5-6H2,1-4H3;1H/q+1;/p-1. The van der Waals surface area contributed by atoms with Gasteiger partial charge in [-0.25, -0.2) is 0 Å². The van der Waals surface area contributed by atoms with E-state index in [0.29, 0.717) is 12.5 Å². The van der Waals surface area contributed by atoms with Gasteiger partial charge in [-0.05, 0) is 0 Å². The van der Waals surface area contributed by atoms with Crippen molar-refractivity contribution in [1.82, 2.24) is 0 Å². The average molecular weight is 181 g/mol. The Hall–Kier alpha value is -0.280. The molecule has 0 radical (unpaired) electrons. The third-order valence-electron chi connectivity index (χ3n) is 1.08. The lowest BCUT2D eigenvalue weighted by Crippen LogP contribution is -3.00. The van der Waals surface area contributed by atoms with Gasteiger partial charge in [-0.1, -0.05) is 0 Å². The molecule has 0 saturated carbocycles. The van der Waals surface area contributed by atoms with Crippen molar-refractivity contribution in [2.75, 3.05) is 34.3 Å². The lowest BCUT2D eigenvalue weighted by Gasteiger charge is -2.23. The third-order valence-corrected chi connectivity index (χ3v) is 1.08. The SMILES string of the molecule is CC(=N)OCC[N+](C)(C)C.[Cl-]. The smallest absolute Gasteiger partial charge is 0.177 e. The molecule has 0 atom stereocenters. The normalized spacial score (nSPS) is 10.2. The summed E-state index contributed by atoms with van der Waals surface area (Å²) in [7, 11) is 6.30. The van der Waals surface area contributed by atoms with Gasteiger partial charge in [0, 0.05) is 6.92 Å². The van der Waals surface area contributed by atoms with Gasteiger partial charge in [0.05, 0.1) is 21.1 Å². The Morgan fingerprint density at radius 2 is 1.82 bits per heavy atom. The minimum atomic E-state index is 0. The molecule has 3 nitrogen and oxygen atoms in total. The molecular formula is C7H17ClN2O. The van der Waals surface area contributed by atoms with Gasteiger partial charge in [0.25, 0.3) is 0 Å². The van der Waals surface area contributed by atoms with Crippen LogP contribution in [0.4, 0.5) is 0 Å². The zero-order valence-corrected chi connectivity index (χ0v) is 8.40. The predicted molar refractivity (Wildman–Crippen MR) is 42.3 cm³/mol. The van der Waals surface area contributed by atoms with E-state index in [-0.39, 0.29) is 12.4 Å². The molecule has 0 amide bonds. The van der Waals surface area contributed by atoms with Crippen LogP contribution in [0.1, 0.15) is 6.92 Å². The van der Waals surface area contributed by atoms with E-state index < -0.39 is 0 Å². The quantitative estimate of drug-likeness (QED) is 0.296. The van der Waals surface area contributed by atoms with Crippen molar-refractivity contribution in [2.45, 2.75) is 6.92 Å². The molecule has 0 aromatic rings. The molecule has 0 aliphatic rings. The highest BCUT2D eigenvalue weighted by Crippen LogP contribution is 1.89. The Bertz CT molecular complexity index is 120. The van der Waals surface area contributed by atoms with E-state index in [9.17, 15) is 0 Å². The van der Waals surface area contributed by atoms with Crippen LogP contribution < -0.4 is 12.4 Å². The first-order chi connectivity index (χ1) is 4.42. The van der Waals surface area contributed by atoms with E-state index in [1.807, 2.05) is 0 Å². The fraction of sp³-hybridized carbons (Fsp3) is 0.857. The lowest BCUT2D eigenvalue weighted by molar-refractivity contribution is -0.870. The average Bonchev–Trinajstić information content (AvgIpc) is 1.59. The number of rotatable bonds is 3. The molecule has 0 unspecified atom stereocenters. The van der Waals surface area contributed by atoms with Crippen molar-refractivity contribution in [2.24, 2.45) is 0 Å². The van der Waals surface area contributed by atoms with Crippen molar-refractivity contribution in [3.05, 3.63) is 0 Å². The van der Waals surface area contributed by atoms with Gasteiger partial charge in [-0.2, -0.15) is 0 Å². The summed E-state index contributed by atoms with van der Waals surface area (Å²) in [5.41, 5.74) is 0. The van der Waals surface area contributed by atoms with Gasteiger partial charge in [-0.15, -0.1) is 0 Å². The highest BCUT2D eigenvalue weighted by molar-refractivity contribution is 5.69. The summed E-state index contributed by atoms with van der Waals surface area (Å²) < 4.78 is 5.87. The van der Waals surface area contributed by atoms with Gasteiger partial charge in [0.1, 0.15) is 13.2 Å². The number of nitrogens with zero attached hydrogens (tertiary/aromatic N) is 1. The van der Waals surface area contributed by atoms with Crippen LogP contribution in [-0.4, -0.2) is 44.7 Å². The second-order valence-corrected chi connectivity index (χ2v) is 3.42. The van der Waals surface area contributed by atoms with Gasteiger partial charge in [0.2, 0.25) is 0 Å². The fourth-order valence-corrected chi connectivity index (χ4v) is 0.473. The maximum Gasteiger partial charge on any atom is 0.177 e. The number of hydrogen-bond donors (Lipinski definition) is 1. The molecule has 4 heteroatoms. The highest BCUT2D eigenvalue weighted by Gasteiger charge is 2.05. The number of hydrogen-bond acceptors (Lipinski definition) is 2. The molecule has 0 aliphatic carbocycles. The Kier molecular flexibility index (Phi) is 6.52. The molecule has 0 bridgehead atoms. The summed E-state index contributed by atoms with van der Waals surface area (Å²) in [5, 5.41) is 6.97. The minimum Gasteiger partial charge on any atom is -1.00 e. The van der Waals surface area contributed by atoms with Gasteiger partial charge < -0.3 is 21.6 Å². The zero-order valence-electron chi connectivity index (χ0n) is 7.65. The van der Waals surface area contributed by atoms with Crippen LogP contribution >= 0.6 is 0 Å². The maximum atomic E-state index is 6.97. The van der Waals surface area contributed by atoms with Crippen molar-refractivity contribution < 1.29 is 21.6 Å². The summed E-state index contributed by atoms with van der Waals surface area (Å²) in [6.45, 7) is 3.23. The molecule has 0 fully saturated rings. The number of ether oxygens (including phenoxy) is 1. The molecule has 0 rings (SSSR count). The van der Waals surface area contributed by atoms with E-state index in [1.165, 1.54) is 0 Å². The van der Waals surface area contributed by atoms with E-state index in [4.69, 9.17) is 10.1 Å². The summed E-state index contributed by atoms with van der Waals surface area (Å²) in [5.74, 6) is 0.299.